The van der Waals surface area contributed by atoms with E-state index >= 15 is 0 Å². The first kappa shape index (κ1) is 8.33. The lowest BCUT2D eigenvalue weighted by Gasteiger charge is -2.22. The summed E-state index contributed by atoms with van der Waals surface area (Å²) >= 11 is 0. The highest BCUT2D eigenvalue weighted by Gasteiger charge is 2.32. The van der Waals surface area contributed by atoms with Crippen molar-refractivity contribution in [2.75, 3.05) is 13.2 Å². The van der Waals surface area contributed by atoms with E-state index < -0.39 is 6.03 Å². The maximum atomic E-state index is 10.8. The van der Waals surface area contributed by atoms with Gasteiger partial charge in [-0.25, -0.2) is 4.79 Å². The van der Waals surface area contributed by atoms with Crippen LogP contribution in [-0.2, 0) is 0 Å². The molecule has 3 N–H and O–H groups in total. The molecule has 2 unspecified atom stereocenters. The Kier molecular flexibility index (Phi) is 2.34. The highest BCUT2D eigenvalue weighted by molar-refractivity contribution is 5.72. The first-order chi connectivity index (χ1) is 5.16. The fourth-order valence-corrected chi connectivity index (χ4v) is 1.56. The highest BCUT2D eigenvalue weighted by atomic mass is 16.3. The van der Waals surface area contributed by atoms with Gasteiger partial charge >= 0.3 is 6.03 Å². The Hall–Kier alpha value is -0.770. The second-order valence-corrected chi connectivity index (χ2v) is 3.05. The SMILES string of the molecule is CC1CCN(C(N)=O)C1CO. The van der Waals surface area contributed by atoms with Crippen molar-refractivity contribution in [1.82, 2.24) is 4.90 Å². The number of aliphatic hydroxyl groups excluding tert-OH is 1. The average molecular weight is 158 g/mol. The Morgan fingerprint density at radius 1 is 1.82 bits per heavy atom. The lowest BCUT2D eigenvalue weighted by molar-refractivity contribution is 0.149. The molecule has 0 radical (unpaired) electrons. The molecule has 1 rings (SSSR count). The predicted molar refractivity (Wildman–Crippen MR) is 40.9 cm³/mol. The van der Waals surface area contributed by atoms with Gasteiger partial charge in [-0.05, 0) is 12.3 Å². The van der Waals surface area contributed by atoms with Crippen molar-refractivity contribution in [3.63, 3.8) is 0 Å². The van der Waals surface area contributed by atoms with E-state index in [2.05, 4.69) is 0 Å². The van der Waals surface area contributed by atoms with Crippen LogP contribution < -0.4 is 5.73 Å². The summed E-state index contributed by atoms with van der Waals surface area (Å²) < 4.78 is 0. The van der Waals surface area contributed by atoms with Gasteiger partial charge in [0.2, 0.25) is 0 Å². The van der Waals surface area contributed by atoms with Gasteiger partial charge in [-0.1, -0.05) is 6.92 Å². The molecule has 64 valence electrons. The van der Waals surface area contributed by atoms with Gasteiger partial charge in [-0.3, -0.25) is 0 Å². The van der Waals surface area contributed by atoms with Gasteiger partial charge in [0.25, 0.3) is 0 Å². The number of carbonyl (C=O) groups excluding carboxylic acids is 1. The molecule has 0 saturated carbocycles. The molecule has 0 aliphatic carbocycles. The Labute approximate surface area is 66.0 Å². The van der Waals surface area contributed by atoms with Crippen LogP contribution in [0.15, 0.2) is 0 Å². The van der Waals surface area contributed by atoms with Crippen molar-refractivity contribution >= 4 is 6.03 Å². The maximum absolute atomic E-state index is 10.8. The van der Waals surface area contributed by atoms with E-state index in [1.807, 2.05) is 6.92 Å². The van der Waals surface area contributed by atoms with E-state index in [0.29, 0.717) is 12.5 Å². The van der Waals surface area contributed by atoms with Crippen LogP contribution >= 0.6 is 0 Å². The Bertz CT molecular complexity index is 161. The molecule has 1 aliphatic rings. The quantitative estimate of drug-likeness (QED) is 0.553. The minimum Gasteiger partial charge on any atom is -0.394 e. The van der Waals surface area contributed by atoms with Crippen LogP contribution in [0.1, 0.15) is 13.3 Å². The minimum absolute atomic E-state index is 0.0180. The monoisotopic (exact) mass is 158 g/mol. The van der Waals surface area contributed by atoms with E-state index in [0.717, 1.165) is 6.42 Å². The van der Waals surface area contributed by atoms with Crippen LogP contribution in [0.25, 0.3) is 0 Å². The third-order valence-corrected chi connectivity index (χ3v) is 2.35. The first-order valence-corrected chi connectivity index (χ1v) is 3.83. The van der Waals surface area contributed by atoms with Crippen LogP contribution in [-0.4, -0.2) is 35.2 Å². The second-order valence-electron chi connectivity index (χ2n) is 3.05. The van der Waals surface area contributed by atoms with Gasteiger partial charge < -0.3 is 15.7 Å². The Morgan fingerprint density at radius 2 is 2.45 bits per heavy atom. The predicted octanol–water partition coefficient (Wildman–Crippen LogP) is -0.232. The third kappa shape index (κ3) is 1.45. The van der Waals surface area contributed by atoms with Gasteiger partial charge in [0.1, 0.15) is 0 Å². The molecule has 2 atom stereocenters. The lowest BCUT2D eigenvalue weighted by Crippen LogP contribution is -2.42. The average Bonchev–Trinajstić information content (AvgIpc) is 2.30. The number of rotatable bonds is 1. The summed E-state index contributed by atoms with van der Waals surface area (Å²) in [6.45, 7) is 2.72. The zero-order valence-electron chi connectivity index (χ0n) is 6.66. The largest absolute Gasteiger partial charge is 0.394 e. The number of nitrogens with zero attached hydrogens (tertiary/aromatic N) is 1. The van der Waals surface area contributed by atoms with Crippen molar-refractivity contribution in [2.24, 2.45) is 11.7 Å². The van der Waals surface area contributed by atoms with E-state index in [9.17, 15) is 4.79 Å². The van der Waals surface area contributed by atoms with Crippen molar-refractivity contribution in [3.8, 4) is 0 Å². The molecule has 0 spiro atoms. The van der Waals surface area contributed by atoms with Crippen LogP contribution in [0.3, 0.4) is 0 Å². The van der Waals surface area contributed by atoms with Gasteiger partial charge in [0.15, 0.2) is 0 Å². The first-order valence-electron chi connectivity index (χ1n) is 3.83. The molecule has 4 nitrogen and oxygen atoms in total. The Morgan fingerprint density at radius 3 is 2.82 bits per heavy atom. The number of primary amides is 1. The topological polar surface area (TPSA) is 66.6 Å². The summed E-state index contributed by atoms with van der Waals surface area (Å²) in [5.41, 5.74) is 5.10. The molecular weight excluding hydrogens is 144 g/mol. The smallest absolute Gasteiger partial charge is 0.315 e. The van der Waals surface area contributed by atoms with E-state index in [-0.39, 0.29) is 12.6 Å². The fraction of sp³-hybridized carbons (Fsp3) is 0.857. The van der Waals surface area contributed by atoms with Crippen molar-refractivity contribution in [2.45, 2.75) is 19.4 Å². The molecule has 0 aromatic heterocycles. The number of carbonyl (C=O) groups is 1. The van der Waals surface area contributed by atoms with Crippen LogP contribution in [0, 0.1) is 5.92 Å². The van der Waals surface area contributed by atoms with E-state index in [1.165, 1.54) is 4.90 Å². The standard InChI is InChI=1S/C7H14N2O2/c1-5-2-3-9(7(8)11)6(5)4-10/h5-6,10H,2-4H2,1H3,(H2,8,11). The molecule has 4 heteroatoms. The summed E-state index contributed by atoms with van der Waals surface area (Å²) in [7, 11) is 0. The number of likely N-dealkylation sites (tertiary alicyclic amines) is 1. The van der Waals surface area contributed by atoms with Crippen molar-refractivity contribution in [3.05, 3.63) is 0 Å². The summed E-state index contributed by atoms with van der Waals surface area (Å²) in [6.07, 6.45) is 0.939. The van der Waals surface area contributed by atoms with Crippen molar-refractivity contribution in [1.29, 1.82) is 0 Å². The summed E-state index contributed by atoms with van der Waals surface area (Å²) in [5, 5.41) is 8.91. The van der Waals surface area contributed by atoms with E-state index in [4.69, 9.17) is 10.8 Å². The number of hydrogen-bond donors (Lipinski definition) is 2. The number of urea groups is 1. The number of aliphatic hydroxyl groups is 1. The molecule has 0 aromatic rings. The van der Waals surface area contributed by atoms with Crippen LogP contribution in [0.4, 0.5) is 4.79 Å². The van der Waals surface area contributed by atoms with Gasteiger partial charge in [-0.2, -0.15) is 0 Å². The van der Waals surface area contributed by atoms with Gasteiger partial charge in [0.05, 0.1) is 12.6 Å². The molecule has 1 heterocycles. The maximum Gasteiger partial charge on any atom is 0.315 e. The molecule has 1 saturated heterocycles. The highest BCUT2D eigenvalue weighted by Crippen LogP contribution is 2.22. The minimum atomic E-state index is -0.423. The zero-order valence-corrected chi connectivity index (χ0v) is 6.66. The third-order valence-electron chi connectivity index (χ3n) is 2.35. The molecular formula is C7H14N2O2. The number of hydrogen-bond acceptors (Lipinski definition) is 2. The zero-order chi connectivity index (χ0) is 8.43. The fourth-order valence-electron chi connectivity index (χ4n) is 1.56. The molecule has 1 fully saturated rings. The normalized spacial score (nSPS) is 30.9. The summed E-state index contributed by atoms with van der Waals surface area (Å²) in [4.78, 5) is 12.3. The van der Waals surface area contributed by atoms with Crippen molar-refractivity contribution < 1.29 is 9.90 Å². The molecule has 0 aromatic carbocycles. The number of amides is 2. The second kappa shape index (κ2) is 3.09. The Balaban J connectivity index is 2.61. The summed E-state index contributed by atoms with van der Waals surface area (Å²) in [6, 6.07) is -0.485. The van der Waals surface area contributed by atoms with Gasteiger partial charge in [0, 0.05) is 6.54 Å². The van der Waals surface area contributed by atoms with Gasteiger partial charge in [-0.15, -0.1) is 0 Å². The van der Waals surface area contributed by atoms with E-state index in [1.54, 1.807) is 0 Å². The molecule has 2 amide bonds. The van der Waals surface area contributed by atoms with Crippen LogP contribution in [0.5, 0.6) is 0 Å². The molecule has 0 bridgehead atoms. The number of nitrogens with two attached hydrogens (primary N) is 1. The molecule has 11 heavy (non-hydrogen) atoms. The lowest BCUT2D eigenvalue weighted by atomic mass is 10.0. The summed E-state index contributed by atoms with van der Waals surface area (Å²) in [5.74, 6) is 0.368. The molecule has 1 aliphatic heterocycles. The van der Waals surface area contributed by atoms with Crippen LogP contribution in [0.2, 0.25) is 0 Å².